The summed E-state index contributed by atoms with van der Waals surface area (Å²) in [5.41, 5.74) is 0. The number of unbranched alkanes of at least 4 members (excludes halogenated alkanes) is 7. The third kappa shape index (κ3) is 13.9. The molecular weight excluding hydrogens is 540 g/mol. The van der Waals surface area contributed by atoms with Gasteiger partial charge in [-0.1, -0.05) is 38.5 Å². The van der Waals surface area contributed by atoms with E-state index in [1.54, 1.807) is 0 Å². The van der Waals surface area contributed by atoms with Crippen LogP contribution in [0, 0.1) is 0 Å². The fraction of sp³-hybridized carbons (Fsp3) is 0.917. The molecule has 0 bridgehead atoms. The van der Waals surface area contributed by atoms with Crippen LogP contribution in [0.5, 0.6) is 0 Å². The lowest BCUT2D eigenvalue weighted by Crippen LogP contribution is -2.54. The topological polar surface area (TPSA) is 301 Å². The molecule has 0 aromatic heterocycles. The van der Waals surface area contributed by atoms with E-state index in [2.05, 4.69) is 10.6 Å². The highest BCUT2D eigenvalue weighted by molar-refractivity contribution is 5.81. The third-order valence-electron chi connectivity index (χ3n) is 6.45. The average Bonchev–Trinajstić information content (AvgIpc) is 2.96. The minimum atomic E-state index is -2.07. The summed E-state index contributed by atoms with van der Waals surface area (Å²) in [5, 5.41) is 119. The lowest BCUT2D eigenvalue weighted by molar-refractivity contribution is -0.157. The van der Waals surface area contributed by atoms with Gasteiger partial charge in [0, 0.05) is 13.1 Å². The van der Waals surface area contributed by atoms with Gasteiger partial charge in [-0.2, -0.15) is 0 Å². The lowest BCUT2D eigenvalue weighted by Gasteiger charge is -2.27. The first-order valence-corrected chi connectivity index (χ1v) is 13.4. The van der Waals surface area contributed by atoms with Gasteiger partial charge in [-0.25, -0.2) is 0 Å². The second-order valence-corrected chi connectivity index (χ2v) is 9.74. The van der Waals surface area contributed by atoms with Gasteiger partial charge in [0.25, 0.3) is 11.8 Å². The Morgan fingerprint density at radius 1 is 0.425 bits per heavy atom. The van der Waals surface area contributed by atoms with Gasteiger partial charge in [0.05, 0.1) is 13.2 Å². The molecule has 0 rings (SSSR count). The summed E-state index contributed by atoms with van der Waals surface area (Å²) >= 11 is 0. The van der Waals surface area contributed by atoms with Gasteiger partial charge < -0.3 is 71.9 Å². The number of carbonyl (C=O) groups is 2. The standard InChI is InChI=1S/C24H48N2O14/c27-11-13(29)15(31)17(33)19(35)21(37)23(39)25-9-7-5-3-1-2-4-6-8-10-26-24(40)22(38)20(36)18(34)16(32)14(30)12-28/h13-22,27-38H,1-12H2,(H,25,39)(H,26,40)/t13-,14-,15+,16+,17-,18-,19-,20-,21-,22-/m1/s1. The molecule has 238 valence electrons. The van der Waals surface area contributed by atoms with Crippen LogP contribution in [-0.4, -0.2) is 160 Å². The van der Waals surface area contributed by atoms with Crippen LogP contribution in [0.15, 0.2) is 0 Å². The van der Waals surface area contributed by atoms with E-state index >= 15 is 0 Å². The second-order valence-electron chi connectivity index (χ2n) is 9.74. The molecule has 0 radical (unpaired) electrons. The highest BCUT2D eigenvalue weighted by Crippen LogP contribution is 2.11. The number of carbonyl (C=O) groups excluding carboxylic acids is 2. The minimum absolute atomic E-state index is 0.207. The number of rotatable bonds is 23. The Kier molecular flexibility index (Phi) is 20.4. The van der Waals surface area contributed by atoms with Crippen molar-refractivity contribution < 1.29 is 70.9 Å². The zero-order chi connectivity index (χ0) is 30.8. The SMILES string of the molecule is O=C(NCCCCCCCCCCNC(=O)[C@H](O)[C@H](O)[C@H](O)[C@@H](O)[C@H](O)CO)[C@H](O)[C@H](O)[C@H](O)[C@@H](O)[C@H](O)CO. The molecule has 16 heteroatoms. The number of hydrogen-bond acceptors (Lipinski definition) is 14. The van der Waals surface area contributed by atoms with Crippen molar-refractivity contribution in [1.82, 2.24) is 10.6 Å². The van der Waals surface area contributed by atoms with E-state index in [0.29, 0.717) is 12.8 Å². The van der Waals surface area contributed by atoms with Gasteiger partial charge in [0.15, 0.2) is 12.2 Å². The molecule has 0 fully saturated rings. The molecule has 0 unspecified atom stereocenters. The number of aliphatic hydroxyl groups excluding tert-OH is 12. The maximum Gasteiger partial charge on any atom is 0.251 e. The molecule has 0 aliphatic carbocycles. The molecule has 0 heterocycles. The first kappa shape index (κ1) is 38.5. The van der Waals surface area contributed by atoms with Gasteiger partial charge in [-0.05, 0) is 12.8 Å². The molecule has 10 atom stereocenters. The second kappa shape index (κ2) is 21.2. The van der Waals surface area contributed by atoms with Crippen LogP contribution in [-0.2, 0) is 9.59 Å². The van der Waals surface area contributed by atoms with Crippen LogP contribution >= 0.6 is 0 Å². The summed E-state index contributed by atoms with van der Waals surface area (Å²) in [5.74, 6) is -1.92. The average molecular weight is 589 g/mol. The third-order valence-corrected chi connectivity index (χ3v) is 6.45. The number of aliphatic hydroxyl groups is 12. The summed E-state index contributed by atoms with van der Waals surface area (Å²) in [7, 11) is 0. The molecule has 0 spiro atoms. The highest BCUT2D eigenvalue weighted by Gasteiger charge is 2.38. The van der Waals surface area contributed by atoms with E-state index in [-0.39, 0.29) is 13.1 Å². The monoisotopic (exact) mass is 588 g/mol. The van der Waals surface area contributed by atoms with Crippen LogP contribution in [0.3, 0.4) is 0 Å². The molecule has 0 saturated carbocycles. The molecule has 0 aromatic carbocycles. The largest absolute Gasteiger partial charge is 0.394 e. The molecule has 16 nitrogen and oxygen atoms in total. The maximum absolute atomic E-state index is 11.9. The Balaban J connectivity index is 3.91. The van der Waals surface area contributed by atoms with E-state index < -0.39 is 86.1 Å². The summed E-state index contributed by atoms with van der Waals surface area (Å²) in [6.07, 6.45) is -13.5. The molecule has 0 saturated heterocycles. The maximum atomic E-state index is 11.9. The Labute approximate surface area is 232 Å². The van der Waals surface area contributed by atoms with Crippen molar-refractivity contribution in [3.63, 3.8) is 0 Å². The number of nitrogens with one attached hydrogen (secondary N) is 2. The van der Waals surface area contributed by atoms with E-state index in [4.69, 9.17) is 10.2 Å². The van der Waals surface area contributed by atoms with Crippen LogP contribution in [0.1, 0.15) is 51.4 Å². The van der Waals surface area contributed by atoms with E-state index in [1.807, 2.05) is 0 Å². The van der Waals surface area contributed by atoms with Crippen molar-refractivity contribution >= 4 is 11.8 Å². The van der Waals surface area contributed by atoms with Gasteiger partial charge in [-0.3, -0.25) is 9.59 Å². The predicted molar refractivity (Wildman–Crippen MR) is 137 cm³/mol. The zero-order valence-electron chi connectivity index (χ0n) is 22.4. The molecular formula is C24H48N2O14. The number of hydrogen-bond donors (Lipinski definition) is 14. The Morgan fingerprint density at radius 2 is 0.700 bits per heavy atom. The first-order valence-electron chi connectivity index (χ1n) is 13.4. The Hall–Kier alpha value is -1.54. The van der Waals surface area contributed by atoms with Crippen molar-refractivity contribution in [3.8, 4) is 0 Å². The summed E-state index contributed by atoms with van der Waals surface area (Å²) < 4.78 is 0. The van der Waals surface area contributed by atoms with Crippen molar-refractivity contribution in [2.75, 3.05) is 26.3 Å². The zero-order valence-corrected chi connectivity index (χ0v) is 22.4. The molecule has 40 heavy (non-hydrogen) atoms. The molecule has 0 aliphatic heterocycles. The van der Waals surface area contributed by atoms with Gasteiger partial charge in [-0.15, -0.1) is 0 Å². The van der Waals surface area contributed by atoms with Crippen LogP contribution in [0.4, 0.5) is 0 Å². The van der Waals surface area contributed by atoms with E-state index in [0.717, 1.165) is 38.5 Å². The van der Waals surface area contributed by atoms with Crippen LogP contribution in [0.25, 0.3) is 0 Å². The molecule has 2 amide bonds. The summed E-state index contributed by atoms with van der Waals surface area (Å²) in [6, 6.07) is 0. The van der Waals surface area contributed by atoms with Crippen molar-refractivity contribution in [1.29, 1.82) is 0 Å². The van der Waals surface area contributed by atoms with E-state index in [9.17, 15) is 60.7 Å². The molecule has 0 aliphatic rings. The summed E-state index contributed by atoms with van der Waals surface area (Å²) in [6.45, 7) is -1.36. The van der Waals surface area contributed by atoms with Crippen molar-refractivity contribution in [2.45, 2.75) is 112 Å². The van der Waals surface area contributed by atoms with Gasteiger partial charge in [0.1, 0.15) is 48.8 Å². The van der Waals surface area contributed by atoms with Gasteiger partial charge >= 0.3 is 0 Å². The normalized spacial score (nSPS) is 19.4. The Bertz CT molecular complexity index is 634. The van der Waals surface area contributed by atoms with Crippen molar-refractivity contribution in [2.24, 2.45) is 0 Å². The minimum Gasteiger partial charge on any atom is -0.394 e. The van der Waals surface area contributed by atoms with Crippen molar-refractivity contribution in [3.05, 3.63) is 0 Å². The molecule has 0 aromatic rings. The van der Waals surface area contributed by atoms with Crippen LogP contribution in [0.2, 0.25) is 0 Å². The van der Waals surface area contributed by atoms with Gasteiger partial charge in [0.2, 0.25) is 0 Å². The first-order chi connectivity index (χ1) is 18.8. The smallest absolute Gasteiger partial charge is 0.251 e. The molecule has 14 N–H and O–H groups in total. The fourth-order valence-corrected chi connectivity index (χ4v) is 3.70. The Morgan fingerprint density at radius 3 is 0.975 bits per heavy atom. The highest BCUT2D eigenvalue weighted by atomic mass is 16.4. The predicted octanol–water partition coefficient (Wildman–Crippen LogP) is -6.07. The lowest BCUT2D eigenvalue weighted by atomic mass is 9.99. The fourth-order valence-electron chi connectivity index (χ4n) is 3.70. The summed E-state index contributed by atoms with van der Waals surface area (Å²) in [4.78, 5) is 23.8. The van der Waals surface area contributed by atoms with Crippen LogP contribution < -0.4 is 10.6 Å². The number of amides is 2. The quantitative estimate of drug-likeness (QED) is 0.0494. The van der Waals surface area contributed by atoms with E-state index in [1.165, 1.54) is 0 Å².